The number of aryl methyl sites for hydroxylation is 1. The van der Waals surface area contributed by atoms with Crippen LogP contribution in [-0.4, -0.2) is 31.8 Å². The fourth-order valence-corrected chi connectivity index (χ4v) is 4.07. The van der Waals surface area contributed by atoms with Crippen LogP contribution in [-0.2, 0) is 14.8 Å². The Balaban J connectivity index is 2.12. The average Bonchev–Trinajstić information content (AvgIpc) is 2.63. The first-order valence-corrected chi connectivity index (χ1v) is 10.1. The molecule has 2 aromatic rings. The number of sulfonamides is 1. The first-order chi connectivity index (χ1) is 12.3. The van der Waals surface area contributed by atoms with Crippen LogP contribution in [0.1, 0.15) is 48.4 Å². The van der Waals surface area contributed by atoms with E-state index < -0.39 is 16.0 Å². The minimum absolute atomic E-state index is 0.171. The molecule has 2 aromatic carbocycles. The van der Waals surface area contributed by atoms with Crippen LogP contribution in [0.2, 0.25) is 0 Å². The maximum absolute atomic E-state index is 12.5. The second-order valence-electron chi connectivity index (χ2n) is 6.07. The highest BCUT2D eigenvalue weighted by Gasteiger charge is 2.22. The molecule has 0 aliphatic heterocycles. The Morgan fingerprint density at radius 3 is 2.04 bits per heavy atom. The topological polar surface area (TPSA) is 63.7 Å². The second kappa shape index (κ2) is 8.47. The molecule has 6 heteroatoms. The van der Waals surface area contributed by atoms with Crippen molar-refractivity contribution in [2.75, 3.05) is 13.1 Å². The van der Waals surface area contributed by atoms with Gasteiger partial charge in [0.15, 0.2) is 0 Å². The van der Waals surface area contributed by atoms with Gasteiger partial charge < -0.3 is 4.74 Å². The summed E-state index contributed by atoms with van der Waals surface area (Å²) in [7, 11) is -3.53. The van der Waals surface area contributed by atoms with E-state index in [2.05, 4.69) is 0 Å². The molecular formula is C20H25NO4S. The Labute approximate surface area is 155 Å². The van der Waals surface area contributed by atoms with Gasteiger partial charge in [0.1, 0.15) is 6.10 Å². The number of esters is 1. The molecule has 0 amide bonds. The summed E-state index contributed by atoms with van der Waals surface area (Å²) in [5.41, 5.74) is 2.37. The van der Waals surface area contributed by atoms with Crippen molar-refractivity contribution < 1.29 is 17.9 Å². The molecule has 0 heterocycles. The normalized spacial score (nSPS) is 12.8. The largest absolute Gasteiger partial charge is 0.454 e. The summed E-state index contributed by atoms with van der Waals surface area (Å²) in [5.74, 6) is -0.482. The van der Waals surface area contributed by atoms with Gasteiger partial charge in [0.05, 0.1) is 10.5 Å². The maximum Gasteiger partial charge on any atom is 0.338 e. The standard InChI is InChI=1S/C20H25NO4S/c1-5-21(6-2)26(23,24)19-13-11-18(12-14-19)20(22)25-16(4)17-9-7-15(3)8-10-17/h7-14,16H,5-6H2,1-4H3/t16-/m0/s1. The Morgan fingerprint density at radius 2 is 1.54 bits per heavy atom. The third kappa shape index (κ3) is 4.51. The van der Waals surface area contributed by atoms with Crippen molar-refractivity contribution in [3.8, 4) is 0 Å². The van der Waals surface area contributed by atoms with Crippen molar-refractivity contribution in [3.05, 3.63) is 65.2 Å². The summed E-state index contributed by atoms with van der Waals surface area (Å²) in [5, 5.41) is 0. The van der Waals surface area contributed by atoms with Crippen molar-refractivity contribution >= 4 is 16.0 Å². The molecule has 5 nitrogen and oxygen atoms in total. The number of nitrogens with zero attached hydrogens (tertiary/aromatic N) is 1. The SMILES string of the molecule is CCN(CC)S(=O)(=O)c1ccc(C(=O)O[C@@H](C)c2ccc(C)cc2)cc1. The molecule has 2 rings (SSSR count). The minimum atomic E-state index is -3.53. The fourth-order valence-electron chi connectivity index (χ4n) is 2.61. The van der Waals surface area contributed by atoms with Crippen LogP contribution in [0.3, 0.4) is 0 Å². The summed E-state index contributed by atoms with van der Waals surface area (Å²) in [6.07, 6.45) is -0.387. The highest BCUT2D eigenvalue weighted by Crippen LogP contribution is 2.21. The third-order valence-corrected chi connectivity index (χ3v) is 6.33. The predicted octanol–water partition coefficient (Wildman–Crippen LogP) is 3.94. The molecule has 1 atom stereocenters. The van der Waals surface area contributed by atoms with E-state index in [1.165, 1.54) is 28.6 Å². The Kier molecular flexibility index (Phi) is 6.56. The van der Waals surface area contributed by atoms with Gasteiger partial charge in [-0.25, -0.2) is 13.2 Å². The number of benzene rings is 2. The van der Waals surface area contributed by atoms with Crippen LogP contribution >= 0.6 is 0 Å². The van der Waals surface area contributed by atoms with Gasteiger partial charge in [-0.1, -0.05) is 43.7 Å². The lowest BCUT2D eigenvalue weighted by atomic mass is 10.1. The number of carbonyl (C=O) groups excluding carboxylic acids is 1. The Bertz CT molecular complexity index is 838. The molecule has 0 radical (unpaired) electrons. The van der Waals surface area contributed by atoms with Gasteiger partial charge in [0.25, 0.3) is 0 Å². The van der Waals surface area contributed by atoms with Crippen molar-refractivity contribution in [3.63, 3.8) is 0 Å². The highest BCUT2D eigenvalue weighted by atomic mass is 32.2. The smallest absolute Gasteiger partial charge is 0.338 e. The van der Waals surface area contributed by atoms with E-state index in [4.69, 9.17) is 4.74 Å². The zero-order chi connectivity index (χ0) is 19.3. The van der Waals surface area contributed by atoms with Crippen LogP contribution in [0.15, 0.2) is 53.4 Å². The van der Waals surface area contributed by atoms with E-state index in [1.807, 2.05) is 38.1 Å². The summed E-state index contributed by atoms with van der Waals surface area (Å²) >= 11 is 0. The van der Waals surface area contributed by atoms with E-state index in [1.54, 1.807) is 13.8 Å². The first kappa shape index (κ1) is 20.1. The summed E-state index contributed by atoms with van der Waals surface area (Å²) in [6, 6.07) is 13.6. The van der Waals surface area contributed by atoms with Gasteiger partial charge in [-0.05, 0) is 43.7 Å². The van der Waals surface area contributed by atoms with Gasteiger partial charge in [0, 0.05) is 13.1 Å². The van der Waals surface area contributed by atoms with Crippen LogP contribution in [0, 0.1) is 6.92 Å². The van der Waals surface area contributed by atoms with Gasteiger partial charge in [-0.3, -0.25) is 0 Å². The number of carbonyl (C=O) groups is 1. The lowest BCUT2D eigenvalue weighted by Crippen LogP contribution is -2.30. The molecule has 0 N–H and O–H groups in total. The fraction of sp³-hybridized carbons (Fsp3) is 0.350. The lowest BCUT2D eigenvalue weighted by Gasteiger charge is -2.18. The van der Waals surface area contributed by atoms with Crippen molar-refractivity contribution in [2.45, 2.75) is 38.7 Å². The lowest BCUT2D eigenvalue weighted by molar-refractivity contribution is 0.0337. The molecule has 0 unspecified atom stereocenters. The molecule has 0 aliphatic rings. The molecule has 140 valence electrons. The van der Waals surface area contributed by atoms with Crippen molar-refractivity contribution in [1.82, 2.24) is 4.31 Å². The third-order valence-electron chi connectivity index (χ3n) is 4.26. The zero-order valence-electron chi connectivity index (χ0n) is 15.6. The molecule has 0 aromatic heterocycles. The van der Waals surface area contributed by atoms with Crippen molar-refractivity contribution in [2.24, 2.45) is 0 Å². The molecule has 0 aliphatic carbocycles. The Morgan fingerprint density at radius 1 is 1.00 bits per heavy atom. The van der Waals surface area contributed by atoms with Gasteiger partial charge in [-0.15, -0.1) is 0 Å². The summed E-state index contributed by atoms with van der Waals surface area (Å²) in [4.78, 5) is 12.5. The number of hydrogen-bond acceptors (Lipinski definition) is 4. The minimum Gasteiger partial charge on any atom is -0.454 e. The molecule has 0 saturated carbocycles. The molecule has 0 bridgehead atoms. The Hall–Kier alpha value is -2.18. The van der Waals surface area contributed by atoms with E-state index in [-0.39, 0.29) is 11.0 Å². The predicted molar refractivity (Wildman–Crippen MR) is 102 cm³/mol. The first-order valence-electron chi connectivity index (χ1n) is 8.67. The van der Waals surface area contributed by atoms with Crippen LogP contribution in [0.25, 0.3) is 0 Å². The van der Waals surface area contributed by atoms with Crippen LogP contribution < -0.4 is 0 Å². The van der Waals surface area contributed by atoms with Gasteiger partial charge in [-0.2, -0.15) is 4.31 Å². The van der Waals surface area contributed by atoms with E-state index >= 15 is 0 Å². The average molecular weight is 375 g/mol. The molecule has 0 saturated heterocycles. The summed E-state index contributed by atoms with van der Waals surface area (Å²) < 4.78 is 31.8. The van der Waals surface area contributed by atoms with Gasteiger partial charge >= 0.3 is 5.97 Å². The second-order valence-corrected chi connectivity index (χ2v) is 8.01. The quantitative estimate of drug-likeness (QED) is 0.688. The number of hydrogen-bond donors (Lipinski definition) is 0. The molecule has 26 heavy (non-hydrogen) atoms. The number of rotatable bonds is 7. The van der Waals surface area contributed by atoms with E-state index in [9.17, 15) is 13.2 Å². The highest BCUT2D eigenvalue weighted by molar-refractivity contribution is 7.89. The van der Waals surface area contributed by atoms with Crippen LogP contribution in [0.5, 0.6) is 0 Å². The molecule has 0 fully saturated rings. The molecule has 0 spiro atoms. The van der Waals surface area contributed by atoms with Crippen molar-refractivity contribution in [1.29, 1.82) is 0 Å². The van der Waals surface area contributed by atoms with Gasteiger partial charge in [0.2, 0.25) is 10.0 Å². The summed E-state index contributed by atoms with van der Waals surface area (Å²) in [6.45, 7) is 8.18. The maximum atomic E-state index is 12.5. The van der Waals surface area contributed by atoms with E-state index in [0.29, 0.717) is 18.7 Å². The van der Waals surface area contributed by atoms with E-state index in [0.717, 1.165) is 11.1 Å². The molecular weight excluding hydrogens is 350 g/mol. The zero-order valence-corrected chi connectivity index (χ0v) is 16.4. The number of ether oxygens (including phenoxy) is 1. The monoisotopic (exact) mass is 375 g/mol. The van der Waals surface area contributed by atoms with Crippen LogP contribution in [0.4, 0.5) is 0 Å².